The van der Waals surface area contributed by atoms with Gasteiger partial charge in [0, 0.05) is 25.4 Å². The second kappa shape index (κ2) is 7.19. The van der Waals surface area contributed by atoms with Crippen molar-refractivity contribution < 1.29 is 9.47 Å². The van der Waals surface area contributed by atoms with E-state index in [-0.39, 0.29) is 0 Å². The molecule has 0 bridgehead atoms. The molecule has 1 heterocycles. The summed E-state index contributed by atoms with van der Waals surface area (Å²) in [5.74, 6) is 0. The molecule has 98 valence electrons. The van der Waals surface area contributed by atoms with Crippen LogP contribution < -0.4 is 0 Å². The van der Waals surface area contributed by atoms with Gasteiger partial charge >= 0.3 is 0 Å². The Hall–Kier alpha value is -1.32. The molecule has 0 aromatic heterocycles. The summed E-state index contributed by atoms with van der Waals surface area (Å²) < 4.78 is 10.9. The smallest absolute Gasteiger partial charge is 0.0670 e. The molecule has 0 radical (unpaired) electrons. The zero-order chi connectivity index (χ0) is 12.6. The fourth-order valence-electron chi connectivity index (χ4n) is 2.10. The highest BCUT2D eigenvalue weighted by atomic mass is 16.5. The first kappa shape index (κ1) is 13.1. The van der Waals surface area contributed by atoms with Crippen LogP contribution in [0.4, 0.5) is 0 Å². The molecule has 0 unspecified atom stereocenters. The lowest BCUT2D eigenvalue weighted by Crippen LogP contribution is -2.35. The topological polar surface area (TPSA) is 21.7 Å². The maximum atomic E-state index is 5.44. The van der Waals surface area contributed by atoms with Crippen molar-refractivity contribution in [2.45, 2.75) is 6.92 Å². The van der Waals surface area contributed by atoms with E-state index in [4.69, 9.17) is 9.47 Å². The fourth-order valence-corrected chi connectivity index (χ4v) is 2.10. The van der Waals surface area contributed by atoms with Crippen LogP contribution >= 0.6 is 0 Å². The minimum absolute atomic E-state index is 0.665. The summed E-state index contributed by atoms with van der Waals surface area (Å²) in [7, 11) is 0. The average molecular weight is 247 g/mol. The van der Waals surface area contributed by atoms with Crippen molar-refractivity contribution in [1.82, 2.24) is 4.90 Å². The number of hydrogen-bond donors (Lipinski definition) is 0. The number of benzene rings is 1. The van der Waals surface area contributed by atoms with Crippen LogP contribution in [0.25, 0.3) is 5.70 Å². The maximum absolute atomic E-state index is 5.44. The third-order valence-corrected chi connectivity index (χ3v) is 3.02. The minimum Gasteiger partial charge on any atom is -0.378 e. The first-order valence-corrected chi connectivity index (χ1v) is 6.58. The molecular formula is C15H21NO2. The lowest BCUT2D eigenvalue weighted by Gasteiger charge is -2.31. The standard InChI is InChI=1S/C15H21NO2/c1-2-17-11-8-15(14-6-4-3-5-7-14)16-9-12-18-13-10-16/h3-8H,2,9-13H2,1H3/b15-8+. The van der Waals surface area contributed by atoms with Gasteiger partial charge in [0.2, 0.25) is 0 Å². The van der Waals surface area contributed by atoms with E-state index in [9.17, 15) is 0 Å². The predicted molar refractivity (Wildman–Crippen MR) is 73.3 cm³/mol. The Morgan fingerprint density at radius 3 is 2.67 bits per heavy atom. The largest absolute Gasteiger partial charge is 0.378 e. The Balaban J connectivity index is 2.14. The van der Waals surface area contributed by atoms with Gasteiger partial charge in [-0.15, -0.1) is 0 Å². The quantitative estimate of drug-likeness (QED) is 0.746. The Bertz CT molecular complexity index is 369. The van der Waals surface area contributed by atoms with Gasteiger partial charge in [0.15, 0.2) is 0 Å². The van der Waals surface area contributed by atoms with E-state index in [1.807, 2.05) is 13.0 Å². The van der Waals surface area contributed by atoms with Gasteiger partial charge in [0.05, 0.1) is 19.8 Å². The summed E-state index contributed by atoms with van der Waals surface area (Å²) in [6.45, 7) is 6.95. The minimum atomic E-state index is 0.665. The van der Waals surface area contributed by atoms with Crippen molar-refractivity contribution in [2.75, 3.05) is 39.5 Å². The molecule has 1 saturated heterocycles. The van der Waals surface area contributed by atoms with Gasteiger partial charge in [0.25, 0.3) is 0 Å². The van der Waals surface area contributed by atoms with Crippen LogP contribution in [0.5, 0.6) is 0 Å². The molecule has 0 saturated carbocycles. The van der Waals surface area contributed by atoms with Crippen molar-refractivity contribution in [2.24, 2.45) is 0 Å². The van der Waals surface area contributed by atoms with Gasteiger partial charge < -0.3 is 14.4 Å². The molecule has 1 fully saturated rings. The molecule has 2 rings (SSSR count). The van der Waals surface area contributed by atoms with Gasteiger partial charge in [-0.2, -0.15) is 0 Å². The first-order chi connectivity index (χ1) is 8.92. The second-order valence-corrected chi connectivity index (χ2v) is 4.21. The number of rotatable bonds is 5. The third kappa shape index (κ3) is 3.59. The fraction of sp³-hybridized carbons (Fsp3) is 0.467. The van der Waals surface area contributed by atoms with Crippen LogP contribution in [0.3, 0.4) is 0 Å². The number of nitrogens with zero attached hydrogens (tertiary/aromatic N) is 1. The SMILES string of the molecule is CCOC/C=C(\c1ccccc1)N1CCOCC1. The summed E-state index contributed by atoms with van der Waals surface area (Å²) in [4.78, 5) is 2.37. The Kier molecular flexibility index (Phi) is 5.24. The zero-order valence-electron chi connectivity index (χ0n) is 11.0. The van der Waals surface area contributed by atoms with Crippen molar-refractivity contribution in [3.63, 3.8) is 0 Å². The molecule has 0 aliphatic carbocycles. The molecule has 0 atom stereocenters. The van der Waals surface area contributed by atoms with Gasteiger partial charge in [-0.05, 0) is 18.6 Å². The van der Waals surface area contributed by atoms with E-state index in [1.165, 1.54) is 11.3 Å². The predicted octanol–water partition coefficient (Wildman–Crippen LogP) is 2.40. The van der Waals surface area contributed by atoms with Crippen LogP contribution in [0, 0.1) is 0 Å². The highest BCUT2D eigenvalue weighted by Crippen LogP contribution is 2.20. The number of hydrogen-bond acceptors (Lipinski definition) is 3. The van der Waals surface area contributed by atoms with Gasteiger partial charge in [-0.25, -0.2) is 0 Å². The normalized spacial score (nSPS) is 16.9. The van der Waals surface area contributed by atoms with Gasteiger partial charge in [-0.1, -0.05) is 30.3 Å². The van der Waals surface area contributed by atoms with Crippen LogP contribution in [0.15, 0.2) is 36.4 Å². The molecule has 0 amide bonds. The van der Waals surface area contributed by atoms with Crippen molar-refractivity contribution >= 4 is 5.70 Å². The molecule has 1 aromatic carbocycles. The first-order valence-electron chi connectivity index (χ1n) is 6.58. The third-order valence-electron chi connectivity index (χ3n) is 3.02. The molecule has 0 spiro atoms. The molecule has 1 aliphatic heterocycles. The highest BCUT2D eigenvalue weighted by Gasteiger charge is 2.14. The van der Waals surface area contributed by atoms with Crippen molar-refractivity contribution in [3.05, 3.63) is 42.0 Å². The highest BCUT2D eigenvalue weighted by molar-refractivity contribution is 5.64. The Labute approximate surface area is 109 Å². The Morgan fingerprint density at radius 2 is 2.00 bits per heavy atom. The van der Waals surface area contributed by atoms with E-state index in [2.05, 4.69) is 35.2 Å². The summed E-state index contributed by atoms with van der Waals surface area (Å²) in [5, 5.41) is 0. The average Bonchev–Trinajstić information content (AvgIpc) is 2.46. The van der Waals surface area contributed by atoms with Crippen molar-refractivity contribution in [3.8, 4) is 0 Å². The molecule has 3 nitrogen and oxygen atoms in total. The van der Waals surface area contributed by atoms with E-state index in [1.54, 1.807) is 0 Å². The van der Waals surface area contributed by atoms with Crippen LogP contribution in [0.1, 0.15) is 12.5 Å². The zero-order valence-corrected chi connectivity index (χ0v) is 11.0. The van der Waals surface area contributed by atoms with Crippen molar-refractivity contribution in [1.29, 1.82) is 0 Å². The molecule has 0 N–H and O–H groups in total. The van der Waals surface area contributed by atoms with Gasteiger partial charge in [0.1, 0.15) is 0 Å². The molecule has 18 heavy (non-hydrogen) atoms. The van der Waals surface area contributed by atoms with Gasteiger partial charge in [-0.3, -0.25) is 0 Å². The summed E-state index contributed by atoms with van der Waals surface area (Å²) in [6, 6.07) is 10.5. The Morgan fingerprint density at radius 1 is 1.28 bits per heavy atom. The summed E-state index contributed by atoms with van der Waals surface area (Å²) in [5.41, 5.74) is 2.51. The summed E-state index contributed by atoms with van der Waals surface area (Å²) >= 11 is 0. The lowest BCUT2D eigenvalue weighted by atomic mass is 10.1. The van der Waals surface area contributed by atoms with E-state index in [0.29, 0.717) is 6.61 Å². The molecule has 1 aromatic rings. The van der Waals surface area contributed by atoms with Crippen LogP contribution in [-0.4, -0.2) is 44.4 Å². The molecular weight excluding hydrogens is 226 g/mol. The van der Waals surface area contributed by atoms with Crippen LogP contribution in [0.2, 0.25) is 0 Å². The monoisotopic (exact) mass is 247 g/mol. The maximum Gasteiger partial charge on any atom is 0.0670 e. The molecule has 1 aliphatic rings. The van der Waals surface area contributed by atoms with E-state index < -0.39 is 0 Å². The van der Waals surface area contributed by atoms with Crippen LogP contribution in [-0.2, 0) is 9.47 Å². The lowest BCUT2D eigenvalue weighted by molar-refractivity contribution is 0.0635. The summed E-state index contributed by atoms with van der Waals surface area (Å²) in [6.07, 6.45) is 2.17. The second-order valence-electron chi connectivity index (χ2n) is 4.21. The number of ether oxygens (including phenoxy) is 2. The van der Waals surface area contributed by atoms with E-state index >= 15 is 0 Å². The number of morpholine rings is 1. The van der Waals surface area contributed by atoms with E-state index in [0.717, 1.165) is 32.9 Å². The molecule has 3 heteroatoms.